The first-order valence-electron chi connectivity index (χ1n) is 8.66. The Morgan fingerprint density at radius 2 is 1.74 bits per heavy atom. The lowest BCUT2D eigenvalue weighted by Gasteiger charge is -2.31. The lowest BCUT2D eigenvalue weighted by atomic mass is 10.1. The molecule has 3 rings (SSSR count). The average Bonchev–Trinajstić information content (AvgIpc) is 2.69. The highest BCUT2D eigenvalue weighted by molar-refractivity contribution is 7.89. The van der Waals surface area contributed by atoms with E-state index in [1.54, 1.807) is 7.05 Å². The molecular weight excluding hydrogens is 366 g/mol. The number of benzene rings is 2. The summed E-state index contributed by atoms with van der Waals surface area (Å²) in [5.74, 6) is -0.591. The number of ether oxygens (including phenoxy) is 1. The number of carbonyl (C=O) groups excluding carboxylic acids is 1. The Morgan fingerprint density at radius 3 is 2.37 bits per heavy atom. The molecule has 0 unspecified atom stereocenters. The molecule has 7 nitrogen and oxygen atoms in total. The maximum Gasteiger partial charge on any atom is 0.248 e. The number of nitrogens with two attached hydrogens (primary N) is 1. The van der Waals surface area contributed by atoms with E-state index >= 15 is 0 Å². The van der Waals surface area contributed by atoms with E-state index in [-0.39, 0.29) is 17.0 Å². The van der Waals surface area contributed by atoms with Crippen LogP contribution in [0.2, 0.25) is 0 Å². The van der Waals surface area contributed by atoms with Gasteiger partial charge >= 0.3 is 0 Å². The van der Waals surface area contributed by atoms with Gasteiger partial charge in [0.15, 0.2) is 0 Å². The third-order valence-electron chi connectivity index (χ3n) is 4.58. The first-order valence-corrected chi connectivity index (χ1v) is 10.1. The smallest absolute Gasteiger partial charge is 0.248 e. The van der Waals surface area contributed by atoms with Gasteiger partial charge in [-0.2, -0.15) is 4.31 Å². The molecule has 0 radical (unpaired) electrons. The third-order valence-corrected chi connectivity index (χ3v) is 6.40. The van der Waals surface area contributed by atoms with Gasteiger partial charge in [0.2, 0.25) is 15.9 Å². The highest BCUT2D eigenvalue weighted by Crippen LogP contribution is 2.25. The number of hydrogen-bond acceptors (Lipinski definition) is 5. The molecule has 0 atom stereocenters. The van der Waals surface area contributed by atoms with E-state index in [4.69, 9.17) is 10.5 Å². The summed E-state index contributed by atoms with van der Waals surface area (Å²) in [6.07, 6.45) is 0. The fourth-order valence-corrected chi connectivity index (χ4v) is 4.20. The molecule has 27 heavy (non-hydrogen) atoms. The Balaban J connectivity index is 1.82. The fourth-order valence-electron chi connectivity index (χ4n) is 3.05. The van der Waals surface area contributed by atoms with E-state index in [0.29, 0.717) is 13.2 Å². The SMILES string of the molecule is CN(Cc1ccccc1N1CCOCC1)S(=O)(=O)c1ccc(C(N)=O)cc1. The summed E-state index contributed by atoms with van der Waals surface area (Å²) >= 11 is 0. The van der Waals surface area contributed by atoms with Crippen molar-refractivity contribution in [2.75, 3.05) is 38.3 Å². The first kappa shape index (κ1) is 19.3. The van der Waals surface area contributed by atoms with Crippen LogP contribution in [0.5, 0.6) is 0 Å². The molecule has 144 valence electrons. The summed E-state index contributed by atoms with van der Waals surface area (Å²) in [5.41, 5.74) is 7.43. The molecule has 1 heterocycles. The molecule has 0 aliphatic carbocycles. The molecule has 1 aliphatic rings. The Bertz CT molecular complexity index is 907. The molecule has 2 aromatic carbocycles. The van der Waals surface area contributed by atoms with Gasteiger partial charge in [0.05, 0.1) is 18.1 Å². The van der Waals surface area contributed by atoms with Gasteiger partial charge in [-0.3, -0.25) is 4.79 Å². The number of nitrogens with zero attached hydrogens (tertiary/aromatic N) is 2. The van der Waals surface area contributed by atoms with Crippen LogP contribution in [-0.2, 0) is 21.3 Å². The van der Waals surface area contributed by atoms with Crippen LogP contribution < -0.4 is 10.6 Å². The summed E-state index contributed by atoms with van der Waals surface area (Å²) in [4.78, 5) is 13.5. The lowest BCUT2D eigenvalue weighted by molar-refractivity contribution is 0.1000. The maximum absolute atomic E-state index is 12.9. The highest BCUT2D eigenvalue weighted by atomic mass is 32.2. The second-order valence-electron chi connectivity index (χ2n) is 6.38. The Labute approximate surface area is 159 Å². The molecule has 0 spiro atoms. The number of sulfonamides is 1. The van der Waals surface area contributed by atoms with Crippen LogP contribution >= 0.6 is 0 Å². The zero-order chi connectivity index (χ0) is 19.4. The van der Waals surface area contributed by atoms with Gasteiger partial charge in [0.1, 0.15) is 0 Å². The normalized spacial score (nSPS) is 15.1. The minimum Gasteiger partial charge on any atom is -0.378 e. The molecule has 1 saturated heterocycles. The Kier molecular flexibility index (Phi) is 5.79. The summed E-state index contributed by atoms with van der Waals surface area (Å²) in [7, 11) is -2.14. The molecule has 1 aliphatic heterocycles. The van der Waals surface area contributed by atoms with E-state index in [0.717, 1.165) is 24.3 Å². The van der Waals surface area contributed by atoms with Crippen molar-refractivity contribution in [2.45, 2.75) is 11.4 Å². The van der Waals surface area contributed by atoms with Crippen molar-refractivity contribution in [2.24, 2.45) is 5.73 Å². The predicted octanol–water partition coefficient (Wildman–Crippen LogP) is 1.44. The monoisotopic (exact) mass is 389 g/mol. The lowest BCUT2D eigenvalue weighted by Crippen LogP contribution is -2.37. The van der Waals surface area contributed by atoms with Gasteiger partial charge in [-0.15, -0.1) is 0 Å². The van der Waals surface area contributed by atoms with Gasteiger partial charge in [0, 0.05) is 37.9 Å². The standard InChI is InChI=1S/C19H23N3O4S/c1-21(27(24,25)17-8-6-15(7-9-17)19(20)23)14-16-4-2-3-5-18(16)22-10-12-26-13-11-22/h2-9H,10-14H2,1H3,(H2,20,23). The van der Waals surface area contributed by atoms with Crippen molar-refractivity contribution in [1.29, 1.82) is 0 Å². The van der Waals surface area contributed by atoms with Crippen LogP contribution in [0.1, 0.15) is 15.9 Å². The summed E-state index contributed by atoms with van der Waals surface area (Å²) in [6, 6.07) is 13.4. The van der Waals surface area contributed by atoms with Crippen LogP contribution in [0.25, 0.3) is 0 Å². The van der Waals surface area contributed by atoms with E-state index in [2.05, 4.69) is 4.90 Å². The maximum atomic E-state index is 12.9. The molecule has 8 heteroatoms. The van der Waals surface area contributed by atoms with Crippen molar-refractivity contribution in [1.82, 2.24) is 4.31 Å². The van der Waals surface area contributed by atoms with Crippen LogP contribution in [-0.4, -0.2) is 52.0 Å². The minimum atomic E-state index is -3.69. The fraction of sp³-hybridized carbons (Fsp3) is 0.316. The van der Waals surface area contributed by atoms with Gasteiger partial charge in [-0.1, -0.05) is 18.2 Å². The highest BCUT2D eigenvalue weighted by Gasteiger charge is 2.23. The number of hydrogen-bond donors (Lipinski definition) is 1. The van der Waals surface area contributed by atoms with Gasteiger partial charge in [-0.25, -0.2) is 8.42 Å². The van der Waals surface area contributed by atoms with Crippen LogP contribution in [0, 0.1) is 0 Å². The zero-order valence-electron chi connectivity index (χ0n) is 15.2. The minimum absolute atomic E-state index is 0.124. The molecule has 1 amide bonds. The topological polar surface area (TPSA) is 92.9 Å². The van der Waals surface area contributed by atoms with E-state index in [1.165, 1.54) is 28.6 Å². The molecule has 0 aromatic heterocycles. The molecular formula is C19H23N3O4S. The van der Waals surface area contributed by atoms with Gasteiger partial charge in [-0.05, 0) is 35.9 Å². The average molecular weight is 389 g/mol. The van der Waals surface area contributed by atoms with Gasteiger partial charge in [0.25, 0.3) is 0 Å². The summed E-state index contributed by atoms with van der Waals surface area (Å²) < 4.78 is 32.5. The third kappa shape index (κ3) is 4.29. The van der Waals surface area contributed by atoms with Crippen LogP contribution in [0.3, 0.4) is 0 Å². The number of amides is 1. The van der Waals surface area contributed by atoms with E-state index < -0.39 is 15.9 Å². The second kappa shape index (κ2) is 8.08. The van der Waals surface area contributed by atoms with Crippen molar-refractivity contribution in [3.05, 3.63) is 59.7 Å². The van der Waals surface area contributed by atoms with Gasteiger partial charge < -0.3 is 15.4 Å². The van der Waals surface area contributed by atoms with Crippen LogP contribution in [0.15, 0.2) is 53.4 Å². The first-order chi connectivity index (χ1) is 12.9. The second-order valence-corrected chi connectivity index (χ2v) is 8.42. The number of carbonyl (C=O) groups is 1. The molecule has 2 aromatic rings. The number of rotatable bonds is 6. The largest absolute Gasteiger partial charge is 0.378 e. The van der Waals surface area contributed by atoms with E-state index in [1.807, 2.05) is 24.3 Å². The number of anilines is 1. The van der Waals surface area contributed by atoms with Crippen molar-refractivity contribution >= 4 is 21.6 Å². The Hall–Kier alpha value is -2.42. The quantitative estimate of drug-likeness (QED) is 0.807. The predicted molar refractivity (Wildman–Crippen MR) is 103 cm³/mol. The number of primary amides is 1. The zero-order valence-corrected chi connectivity index (χ0v) is 16.0. The Morgan fingerprint density at radius 1 is 1.11 bits per heavy atom. The van der Waals surface area contributed by atoms with Crippen molar-refractivity contribution in [3.8, 4) is 0 Å². The molecule has 0 bridgehead atoms. The number of morpholine rings is 1. The van der Waals surface area contributed by atoms with Crippen LogP contribution in [0.4, 0.5) is 5.69 Å². The summed E-state index contributed by atoms with van der Waals surface area (Å²) in [6.45, 7) is 3.13. The molecule has 2 N–H and O–H groups in total. The van der Waals surface area contributed by atoms with E-state index in [9.17, 15) is 13.2 Å². The van der Waals surface area contributed by atoms with Crippen molar-refractivity contribution < 1.29 is 17.9 Å². The molecule has 1 fully saturated rings. The van der Waals surface area contributed by atoms with Crippen molar-refractivity contribution in [3.63, 3.8) is 0 Å². The number of para-hydroxylation sites is 1. The molecule has 0 saturated carbocycles. The summed E-state index contributed by atoms with van der Waals surface area (Å²) in [5, 5.41) is 0.